The lowest BCUT2D eigenvalue weighted by molar-refractivity contribution is -0.237. The lowest BCUT2D eigenvalue weighted by atomic mass is 9.41. The van der Waals surface area contributed by atoms with Crippen LogP contribution in [-0.4, -0.2) is 74.8 Å². The normalized spacial score (nSPS) is 52.1. The molecule has 5 saturated carbocycles. The molecule has 5 aliphatic carbocycles. The average molecular weight is 603 g/mol. The molecule has 2 spiro atoms. The summed E-state index contributed by atoms with van der Waals surface area (Å²) in [6.45, 7) is 16.5. The van der Waals surface area contributed by atoms with Crippen molar-refractivity contribution in [3.8, 4) is 0 Å². The van der Waals surface area contributed by atoms with Crippen molar-refractivity contribution in [2.45, 2.75) is 136 Å². The van der Waals surface area contributed by atoms with Gasteiger partial charge in [0.1, 0.15) is 6.10 Å². The highest BCUT2D eigenvalue weighted by Crippen LogP contribution is 2.89. The molecule has 244 valence electrons. The number of rotatable bonds is 5. The molecule has 7 aliphatic rings. The maximum absolute atomic E-state index is 12.4. The second-order valence-corrected chi connectivity index (χ2v) is 17.0. The molecule has 2 saturated heterocycles. The molecular weight excluding hydrogens is 544 g/mol. The Balaban J connectivity index is 1.13. The second kappa shape index (κ2) is 10.3. The Morgan fingerprint density at radius 1 is 1.00 bits per heavy atom. The van der Waals surface area contributed by atoms with Crippen molar-refractivity contribution in [3.05, 3.63) is 0 Å². The molecule has 7 rings (SSSR count). The van der Waals surface area contributed by atoms with Crippen LogP contribution in [0.5, 0.6) is 0 Å². The third-order valence-electron chi connectivity index (χ3n) is 15.1. The van der Waals surface area contributed by atoms with Crippen LogP contribution in [0.25, 0.3) is 0 Å². The molecule has 8 nitrogen and oxygen atoms in total. The second-order valence-electron chi connectivity index (χ2n) is 17.0. The SMILES string of the molecule is CNC(=O)O[C@H](C(C)C)[C@H]1CCC2[C@H](O1)[C@H](O)[C@@]1(C)C3CC[C@H]4C(C)(C)[C@@H](OC5CNCCO5)CCC45CC35CC[C@]21C. The molecule has 43 heavy (non-hydrogen) atoms. The van der Waals surface area contributed by atoms with Gasteiger partial charge in [0.2, 0.25) is 0 Å². The summed E-state index contributed by atoms with van der Waals surface area (Å²) in [5, 5.41) is 18.5. The first kappa shape index (κ1) is 30.7. The van der Waals surface area contributed by atoms with Gasteiger partial charge in [-0.25, -0.2) is 4.79 Å². The van der Waals surface area contributed by atoms with Crippen molar-refractivity contribution in [2.75, 3.05) is 26.7 Å². The molecule has 0 bridgehead atoms. The standard InChI is InChI=1S/C35H58N2O6/c1-20(2)27(43-30(39)36-7)22-9-8-21-28(41-22)29(38)33(6)24-11-10-23-31(3,4)25(42-26-18-37-16-17-40-26)12-13-34(23)19-35(24,34)15-14-32(21,33)5/h20-29,37-38H,8-19H2,1-7H3,(H,36,39)/t21?,22-,23+,24?,25+,26?,27-,28+,29+,32-,33-,34?,35?/m1/s1. The minimum Gasteiger partial charge on any atom is -0.443 e. The average Bonchev–Trinajstić information content (AvgIpc) is 3.62. The van der Waals surface area contributed by atoms with Crippen LogP contribution < -0.4 is 10.6 Å². The number of nitrogens with one attached hydrogen (secondary N) is 2. The van der Waals surface area contributed by atoms with E-state index in [1.54, 1.807) is 7.05 Å². The number of alkyl carbamates (subject to hydrolysis) is 1. The number of aliphatic hydroxyl groups excluding tert-OH is 1. The third kappa shape index (κ3) is 4.07. The van der Waals surface area contributed by atoms with Crippen molar-refractivity contribution in [3.63, 3.8) is 0 Å². The lowest BCUT2D eigenvalue weighted by Gasteiger charge is -2.63. The van der Waals surface area contributed by atoms with Crippen molar-refractivity contribution < 1.29 is 28.8 Å². The zero-order valence-electron chi connectivity index (χ0n) is 27.7. The number of aliphatic hydroxyl groups is 1. The Hall–Kier alpha value is -0.930. The highest BCUT2D eigenvalue weighted by Gasteiger charge is 2.84. The molecular formula is C35H58N2O6. The number of amides is 1. The van der Waals surface area contributed by atoms with E-state index >= 15 is 0 Å². The van der Waals surface area contributed by atoms with Crippen LogP contribution in [0.15, 0.2) is 0 Å². The van der Waals surface area contributed by atoms with Crippen LogP contribution in [-0.2, 0) is 18.9 Å². The Kier molecular flexibility index (Phi) is 7.35. The fraction of sp³-hybridized carbons (Fsp3) is 0.971. The molecule has 0 aromatic heterocycles. The topological polar surface area (TPSA) is 98.3 Å². The highest BCUT2D eigenvalue weighted by atomic mass is 16.7. The van der Waals surface area contributed by atoms with Gasteiger partial charge in [-0.15, -0.1) is 0 Å². The van der Waals surface area contributed by atoms with Crippen molar-refractivity contribution in [1.82, 2.24) is 10.6 Å². The van der Waals surface area contributed by atoms with Crippen LogP contribution in [0.3, 0.4) is 0 Å². The Morgan fingerprint density at radius 3 is 2.44 bits per heavy atom. The molecule has 13 atom stereocenters. The number of fused-ring (bicyclic) bond motifs is 4. The molecule has 3 N–H and O–H groups in total. The van der Waals surface area contributed by atoms with E-state index in [0.29, 0.717) is 28.6 Å². The van der Waals surface area contributed by atoms with Gasteiger partial charge in [0.05, 0.1) is 31.0 Å². The van der Waals surface area contributed by atoms with Crippen LogP contribution >= 0.6 is 0 Å². The minimum atomic E-state index is -0.502. The van der Waals surface area contributed by atoms with E-state index in [1.165, 1.54) is 38.5 Å². The lowest BCUT2D eigenvalue weighted by Crippen LogP contribution is -2.60. The zero-order valence-corrected chi connectivity index (χ0v) is 27.7. The predicted molar refractivity (Wildman–Crippen MR) is 163 cm³/mol. The van der Waals surface area contributed by atoms with E-state index in [2.05, 4.69) is 52.2 Å². The van der Waals surface area contributed by atoms with Gasteiger partial charge < -0.3 is 34.7 Å². The Labute approximate surface area is 259 Å². The monoisotopic (exact) mass is 602 g/mol. The van der Waals surface area contributed by atoms with Gasteiger partial charge in [-0.05, 0) is 103 Å². The summed E-state index contributed by atoms with van der Waals surface area (Å²) in [6, 6.07) is 0. The van der Waals surface area contributed by atoms with Gasteiger partial charge in [0, 0.05) is 25.6 Å². The van der Waals surface area contributed by atoms with Gasteiger partial charge in [-0.2, -0.15) is 0 Å². The van der Waals surface area contributed by atoms with Crippen molar-refractivity contribution in [2.24, 2.45) is 50.7 Å². The molecule has 0 radical (unpaired) electrons. The molecule has 0 aromatic carbocycles. The number of hydrogen-bond acceptors (Lipinski definition) is 7. The van der Waals surface area contributed by atoms with Crippen LogP contribution in [0.2, 0.25) is 0 Å². The molecule has 2 heterocycles. The van der Waals surface area contributed by atoms with E-state index in [4.69, 9.17) is 18.9 Å². The first-order chi connectivity index (χ1) is 20.4. The smallest absolute Gasteiger partial charge is 0.407 e. The summed E-state index contributed by atoms with van der Waals surface area (Å²) in [6.07, 6.45) is 8.89. The summed E-state index contributed by atoms with van der Waals surface area (Å²) in [5.41, 5.74) is 0.662. The number of ether oxygens (including phenoxy) is 4. The van der Waals surface area contributed by atoms with E-state index in [9.17, 15) is 9.90 Å². The van der Waals surface area contributed by atoms with Gasteiger partial charge in [0.15, 0.2) is 6.29 Å². The zero-order chi connectivity index (χ0) is 30.6. The number of carbonyl (C=O) groups excluding carboxylic acids is 1. The fourth-order valence-corrected chi connectivity index (χ4v) is 12.9. The molecule has 0 aromatic rings. The van der Waals surface area contributed by atoms with Gasteiger partial charge in [0.25, 0.3) is 0 Å². The van der Waals surface area contributed by atoms with Crippen LogP contribution in [0.1, 0.15) is 99.3 Å². The summed E-state index contributed by atoms with van der Waals surface area (Å²) in [7, 11) is 1.60. The molecule has 8 heteroatoms. The maximum Gasteiger partial charge on any atom is 0.407 e. The quantitative estimate of drug-likeness (QED) is 0.395. The summed E-state index contributed by atoms with van der Waals surface area (Å²) in [5.74, 6) is 1.64. The molecule has 1 amide bonds. The largest absolute Gasteiger partial charge is 0.443 e. The minimum absolute atomic E-state index is 0.0463. The number of carbonyl (C=O) groups is 1. The Bertz CT molecular complexity index is 1090. The van der Waals surface area contributed by atoms with E-state index in [1.807, 2.05) is 0 Å². The number of morpholine rings is 1. The third-order valence-corrected chi connectivity index (χ3v) is 15.1. The molecule has 7 fully saturated rings. The maximum atomic E-state index is 12.4. The number of hydrogen-bond donors (Lipinski definition) is 3. The van der Waals surface area contributed by atoms with E-state index < -0.39 is 12.2 Å². The van der Waals surface area contributed by atoms with Gasteiger partial charge in [-0.3, -0.25) is 0 Å². The van der Waals surface area contributed by atoms with E-state index in [-0.39, 0.29) is 52.9 Å². The first-order valence-electron chi connectivity index (χ1n) is 17.6. The van der Waals surface area contributed by atoms with Crippen LogP contribution in [0, 0.1) is 50.7 Å². The van der Waals surface area contributed by atoms with Gasteiger partial charge in [-0.1, -0.05) is 41.5 Å². The first-order valence-corrected chi connectivity index (χ1v) is 17.6. The van der Waals surface area contributed by atoms with Crippen molar-refractivity contribution >= 4 is 6.09 Å². The summed E-state index contributed by atoms with van der Waals surface area (Å²) in [4.78, 5) is 12.2. The van der Waals surface area contributed by atoms with Gasteiger partial charge >= 0.3 is 6.09 Å². The molecule has 2 aliphatic heterocycles. The summed E-state index contributed by atoms with van der Waals surface area (Å²) < 4.78 is 25.3. The Morgan fingerprint density at radius 2 is 1.74 bits per heavy atom. The predicted octanol–water partition coefficient (Wildman–Crippen LogP) is 5.27. The van der Waals surface area contributed by atoms with Crippen LogP contribution in [0.4, 0.5) is 4.79 Å². The van der Waals surface area contributed by atoms with Crippen molar-refractivity contribution in [1.29, 1.82) is 0 Å². The highest BCUT2D eigenvalue weighted by molar-refractivity contribution is 5.66. The van der Waals surface area contributed by atoms with E-state index in [0.717, 1.165) is 39.0 Å². The molecule has 5 unspecified atom stereocenters. The fourth-order valence-electron chi connectivity index (χ4n) is 12.9. The summed E-state index contributed by atoms with van der Waals surface area (Å²) >= 11 is 0.